The summed E-state index contributed by atoms with van der Waals surface area (Å²) in [5.74, 6) is 0.776. The van der Waals surface area contributed by atoms with Crippen molar-refractivity contribution < 1.29 is 9.53 Å². The molecule has 0 aliphatic carbocycles. The molecule has 0 saturated carbocycles. The van der Waals surface area contributed by atoms with Crippen molar-refractivity contribution >= 4 is 51.6 Å². The Morgan fingerprint density at radius 2 is 1.81 bits per heavy atom. The Morgan fingerprint density at radius 3 is 2.58 bits per heavy atom. The van der Waals surface area contributed by atoms with Gasteiger partial charge in [0.1, 0.15) is 11.6 Å². The van der Waals surface area contributed by atoms with Gasteiger partial charge in [0.25, 0.3) is 0 Å². The molecular formula is C25H18Cl2N2O2. The average Bonchev–Trinajstić information content (AvgIpc) is 3.17. The minimum atomic E-state index is -0.475. The van der Waals surface area contributed by atoms with Crippen molar-refractivity contribution in [3.05, 3.63) is 93.5 Å². The Hall–Kier alpha value is -3.08. The number of anilines is 2. The van der Waals surface area contributed by atoms with Crippen molar-refractivity contribution in [3.63, 3.8) is 0 Å². The molecule has 1 aliphatic heterocycles. The standard InChI is InChI=1S/C25H18Cl2N2O2/c1-15-2-3-17-13-18-10-11-29(24(18)28-22(17)12-15)20-7-4-16(5-8-20)25(30)31-23-9-6-19(26)14-21(23)27/h2-9,12-14H,10-11H2,1H3. The maximum atomic E-state index is 12.5. The third-order valence-electron chi connectivity index (χ3n) is 5.40. The molecule has 154 valence electrons. The average molecular weight is 449 g/mol. The number of hydrogen-bond donors (Lipinski definition) is 0. The first kappa shape index (κ1) is 19.9. The van der Waals surface area contributed by atoms with Crippen LogP contribution >= 0.6 is 23.2 Å². The Balaban J connectivity index is 1.39. The predicted molar refractivity (Wildman–Crippen MR) is 125 cm³/mol. The smallest absolute Gasteiger partial charge is 0.343 e. The van der Waals surface area contributed by atoms with E-state index < -0.39 is 5.97 Å². The van der Waals surface area contributed by atoms with E-state index in [1.807, 2.05) is 12.1 Å². The molecule has 0 amide bonds. The third-order valence-corrected chi connectivity index (χ3v) is 5.93. The van der Waals surface area contributed by atoms with Crippen LogP contribution in [0.3, 0.4) is 0 Å². The number of ether oxygens (including phenoxy) is 1. The molecule has 3 aromatic carbocycles. The summed E-state index contributed by atoms with van der Waals surface area (Å²) in [7, 11) is 0. The molecule has 0 radical (unpaired) electrons. The van der Waals surface area contributed by atoms with E-state index in [2.05, 4.69) is 36.1 Å². The third kappa shape index (κ3) is 3.85. The molecule has 0 spiro atoms. The summed E-state index contributed by atoms with van der Waals surface area (Å²) in [6.07, 6.45) is 0.936. The van der Waals surface area contributed by atoms with Gasteiger partial charge in [-0.1, -0.05) is 35.3 Å². The van der Waals surface area contributed by atoms with Crippen LogP contribution in [0, 0.1) is 6.92 Å². The summed E-state index contributed by atoms with van der Waals surface area (Å²) in [6.45, 7) is 2.92. The number of esters is 1. The monoisotopic (exact) mass is 448 g/mol. The van der Waals surface area contributed by atoms with Crippen molar-refractivity contribution in [2.45, 2.75) is 13.3 Å². The van der Waals surface area contributed by atoms with Gasteiger partial charge in [0.2, 0.25) is 0 Å². The SMILES string of the molecule is Cc1ccc2cc3c(nc2c1)N(c1ccc(C(=O)Oc2ccc(Cl)cc2Cl)cc1)CC3. The first-order valence-electron chi connectivity index (χ1n) is 9.93. The Bertz CT molecular complexity index is 1320. The molecule has 5 rings (SSSR count). The van der Waals surface area contributed by atoms with Gasteiger partial charge in [0.05, 0.1) is 16.1 Å². The van der Waals surface area contributed by atoms with Gasteiger partial charge in [-0.2, -0.15) is 0 Å². The number of aromatic nitrogens is 1. The Kier molecular flexibility index (Phi) is 5.05. The fraction of sp³-hybridized carbons (Fsp3) is 0.120. The first-order valence-corrected chi connectivity index (χ1v) is 10.7. The van der Waals surface area contributed by atoms with Crippen LogP contribution in [0.2, 0.25) is 10.0 Å². The first-order chi connectivity index (χ1) is 15.0. The van der Waals surface area contributed by atoms with E-state index in [-0.39, 0.29) is 5.75 Å². The van der Waals surface area contributed by atoms with Crippen LogP contribution in [0.25, 0.3) is 10.9 Å². The van der Waals surface area contributed by atoms with E-state index in [0.717, 1.165) is 35.4 Å². The van der Waals surface area contributed by atoms with Gasteiger partial charge in [-0.3, -0.25) is 0 Å². The van der Waals surface area contributed by atoms with Crippen LogP contribution < -0.4 is 9.64 Å². The molecule has 0 saturated heterocycles. The summed E-state index contributed by atoms with van der Waals surface area (Å²) in [6, 6.07) is 20.6. The van der Waals surface area contributed by atoms with Crippen LogP contribution in [0.4, 0.5) is 11.5 Å². The minimum absolute atomic E-state index is 0.278. The predicted octanol–water partition coefficient (Wildman–Crippen LogP) is 6.76. The number of pyridine rings is 1. The van der Waals surface area contributed by atoms with Gasteiger partial charge in [-0.25, -0.2) is 9.78 Å². The van der Waals surface area contributed by atoms with Crippen molar-refractivity contribution in [3.8, 4) is 5.75 Å². The van der Waals surface area contributed by atoms with Crippen molar-refractivity contribution in [1.82, 2.24) is 4.98 Å². The van der Waals surface area contributed by atoms with Crippen molar-refractivity contribution in [2.24, 2.45) is 0 Å². The second-order valence-corrected chi connectivity index (χ2v) is 8.42. The lowest BCUT2D eigenvalue weighted by atomic mass is 10.1. The largest absolute Gasteiger partial charge is 0.421 e. The Morgan fingerprint density at radius 1 is 1.00 bits per heavy atom. The van der Waals surface area contributed by atoms with Gasteiger partial charge < -0.3 is 9.64 Å². The van der Waals surface area contributed by atoms with Gasteiger partial charge in [0.15, 0.2) is 0 Å². The maximum absolute atomic E-state index is 12.5. The summed E-state index contributed by atoms with van der Waals surface area (Å²) >= 11 is 12.0. The number of halogens is 2. The molecule has 0 atom stereocenters. The van der Waals surface area contributed by atoms with Crippen LogP contribution in [-0.2, 0) is 6.42 Å². The zero-order chi connectivity index (χ0) is 21.5. The highest BCUT2D eigenvalue weighted by Gasteiger charge is 2.23. The van der Waals surface area contributed by atoms with Crippen LogP contribution in [0.1, 0.15) is 21.5 Å². The second kappa shape index (κ2) is 7.88. The van der Waals surface area contributed by atoms with Crippen molar-refractivity contribution in [2.75, 3.05) is 11.4 Å². The highest BCUT2D eigenvalue weighted by molar-refractivity contribution is 6.35. The highest BCUT2D eigenvalue weighted by Crippen LogP contribution is 2.35. The minimum Gasteiger partial charge on any atom is -0.421 e. The molecule has 0 unspecified atom stereocenters. The number of fused-ring (bicyclic) bond motifs is 2. The number of aryl methyl sites for hydroxylation is 1. The summed E-state index contributed by atoms with van der Waals surface area (Å²) < 4.78 is 5.41. The number of rotatable bonds is 3. The van der Waals surface area contributed by atoms with E-state index >= 15 is 0 Å². The van der Waals surface area contributed by atoms with E-state index in [1.54, 1.807) is 24.3 Å². The number of nitrogens with zero attached hydrogens (tertiary/aromatic N) is 2. The summed E-state index contributed by atoms with van der Waals surface area (Å²) in [5.41, 5.74) is 4.84. The topological polar surface area (TPSA) is 42.4 Å². The number of carbonyl (C=O) groups excluding carboxylic acids is 1. The van der Waals surface area contributed by atoms with E-state index in [1.165, 1.54) is 17.2 Å². The van der Waals surface area contributed by atoms with Gasteiger partial charge in [-0.15, -0.1) is 0 Å². The number of benzene rings is 3. The lowest BCUT2D eigenvalue weighted by molar-refractivity contribution is 0.0735. The molecule has 4 aromatic rings. The van der Waals surface area contributed by atoms with Crippen molar-refractivity contribution in [1.29, 1.82) is 0 Å². The fourth-order valence-electron chi connectivity index (χ4n) is 3.81. The normalized spacial score (nSPS) is 12.8. The summed E-state index contributed by atoms with van der Waals surface area (Å²) in [4.78, 5) is 19.6. The zero-order valence-corrected chi connectivity index (χ0v) is 18.2. The quantitative estimate of drug-likeness (QED) is 0.256. The van der Waals surface area contributed by atoms with Gasteiger partial charge >= 0.3 is 5.97 Å². The molecule has 4 nitrogen and oxygen atoms in total. The highest BCUT2D eigenvalue weighted by atomic mass is 35.5. The Labute approximate surface area is 190 Å². The van der Waals surface area contributed by atoms with E-state index in [9.17, 15) is 4.79 Å². The lowest BCUT2D eigenvalue weighted by Crippen LogP contribution is -2.15. The molecule has 0 bridgehead atoms. The molecule has 1 aliphatic rings. The molecule has 0 N–H and O–H groups in total. The molecular weight excluding hydrogens is 431 g/mol. The van der Waals surface area contributed by atoms with Gasteiger partial charge in [0, 0.05) is 22.6 Å². The molecule has 0 fully saturated rings. The second-order valence-electron chi connectivity index (χ2n) is 7.58. The number of hydrogen-bond acceptors (Lipinski definition) is 4. The molecule has 31 heavy (non-hydrogen) atoms. The fourth-order valence-corrected chi connectivity index (χ4v) is 4.26. The van der Waals surface area contributed by atoms with Crippen LogP contribution in [-0.4, -0.2) is 17.5 Å². The number of carbonyl (C=O) groups is 1. The van der Waals surface area contributed by atoms with E-state index in [0.29, 0.717) is 15.6 Å². The van der Waals surface area contributed by atoms with E-state index in [4.69, 9.17) is 32.9 Å². The zero-order valence-electron chi connectivity index (χ0n) is 16.7. The molecule has 6 heteroatoms. The van der Waals surface area contributed by atoms with Crippen LogP contribution in [0.15, 0.2) is 66.7 Å². The molecule has 2 heterocycles. The molecule has 1 aromatic heterocycles. The maximum Gasteiger partial charge on any atom is 0.343 e. The summed E-state index contributed by atoms with van der Waals surface area (Å²) in [5, 5.41) is 1.93. The van der Waals surface area contributed by atoms with Gasteiger partial charge in [-0.05, 0) is 79.1 Å². The lowest BCUT2D eigenvalue weighted by Gasteiger charge is -2.19. The van der Waals surface area contributed by atoms with Crippen LogP contribution in [0.5, 0.6) is 5.75 Å².